The molecule has 12 heavy (non-hydrogen) atoms. The van der Waals surface area contributed by atoms with Crippen molar-refractivity contribution in [3.05, 3.63) is 11.3 Å². The summed E-state index contributed by atoms with van der Waals surface area (Å²) in [6.45, 7) is 5.13. The lowest BCUT2D eigenvalue weighted by molar-refractivity contribution is -0.139. The summed E-state index contributed by atoms with van der Waals surface area (Å²) in [5.74, 6) is -0.639. The molecule has 1 aliphatic heterocycles. The number of hydrogen-bond acceptors (Lipinski definition) is 3. The molecule has 0 unspecified atom stereocenters. The highest BCUT2D eigenvalue weighted by Crippen LogP contribution is 2.18. The van der Waals surface area contributed by atoms with E-state index < -0.39 is 0 Å². The Morgan fingerprint density at radius 2 is 1.75 bits per heavy atom. The maximum Gasteiger partial charge on any atom is 0.277 e. The van der Waals surface area contributed by atoms with E-state index in [1.807, 2.05) is 0 Å². The molecule has 0 radical (unpaired) electrons. The molecule has 0 aromatic heterocycles. The Morgan fingerprint density at radius 1 is 1.25 bits per heavy atom. The minimum atomic E-state index is -0.368. The van der Waals surface area contributed by atoms with E-state index in [9.17, 15) is 9.59 Å². The van der Waals surface area contributed by atoms with Gasteiger partial charge in [-0.25, -0.2) is 0 Å². The van der Waals surface area contributed by atoms with Crippen molar-refractivity contribution in [2.45, 2.75) is 26.8 Å². The third-order valence-corrected chi connectivity index (χ3v) is 1.91. The van der Waals surface area contributed by atoms with Gasteiger partial charge in [-0.2, -0.15) is 0 Å². The molecule has 0 aromatic carbocycles. The Labute approximate surface area is 71.0 Å². The number of carbonyl (C=O) groups is 2. The second kappa shape index (κ2) is 2.62. The first-order valence-corrected chi connectivity index (χ1v) is 3.81. The van der Waals surface area contributed by atoms with Gasteiger partial charge in [0.05, 0.1) is 0 Å². The zero-order valence-electron chi connectivity index (χ0n) is 7.42. The monoisotopic (exact) mass is 168 g/mol. The van der Waals surface area contributed by atoms with Crippen LogP contribution in [0.3, 0.4) is 0 Å². The van der Waals surface area contributed by atoms with Gasteiger partial charge < -0.3 is 5.73 Å². The number of nitrogens with zero attached hydrogens (tertiary/aromatic N) is 1. The van der Waals surface area contributed by atoms with Gasteiger partial charge in [0, 0.05) is 11.6 Å². The number of rotatable bonds is 1. The quantitative estimate of drug-likeness (QED) is 0.560. The molecule has 0 saturated carbocycles. The maximum atomic E-state index is 11.3. The molecular weight excluding hydrogens is 156 g/mol. The van der Waals surface area contributed by atoms with Crippen molar-refractivity contribution >= 4 is 11.8 Å². The van der Waals surface area contributed by atoms with E-state index in [0.29, 0.717) is 5.57 Å². The van der Waals surface area contributed by atoms with E-state index in [1.54, 1.807) is 20.8 Å². The summed E-state index contributed by atoms with van der Waals surface area (Å²) in [5.41, 5.74) is 5.84. The maximum absolute atomic E-state index is 11.3. The predicted molar refractivity (Wildman–Crippen MR) is 43.9 cm³/mol. The molecule has 1 heterocycles. The Morgan fingerprint density at radius 3 is 1.92 bits per heavy atom. The number of nitrogens with two attached hydrogens (primary N) is 1. The highest BCUT2D eigenvalue weighted by molar-refractivity contribution is 6.18. The molecule has 0 atom stereocenters. The average molecular weight is 168 g/mol. The summed E-state index contributed by atoms with van der Waals surface area (Å²) in [5, 5.41) is 0. The Hall–Kier alpha value is -1.32. The number of hydrogen-bond donors (Lipinski definition) is 1. The van der Waals surface area contributed by atoms with Crippen molar-refractivity contribution in [3.63, 3.8) is 0 Å². The molecule has 4 nitrogen and oxygen atoms in total. The molecule has 0 bridgehead atoms. The van der Waals surface area contributed by atoms with Crippen molar-refractivity contribution in [1.82, 2.24) is 4.90 Å². The van der Waals surface area contributed by atoms with Crippen molar-refractivity contribution in [2.75, 3.05) is 0 Å². The molecule has 2 amide bonds. The van der Waals surface area contributed by atoms with Gasteiger partial charge in [-0.15, -0.1) is 0 Å². The summed E-state index contributed by atoms with van der Waals surface area (Å²) in [6.07, 6.45) is 0. The van der Waals surface area contributed by atoms with E-state index in [2.05, 4.69) is 0 Å². The SMILES string of the molecule is CC1=C(N)C(=O)N(C(C)C)C1=O. The zero-order chi connectivity index (χ0) is 9.46. The smallest absolute Gasteiger partial charge is 0.277 e. The number of carbonyl (C=O) groups excluding carboxylic acids is 2. The zero-order valence-corrected chi connectivity index (χ0v) is 7.42. The van der Waals surface area contributed by atoms with Gasteiger partial charge >= 0.3 is 0 Å². The normalized spacial score (nSPS) is 18.5. The molecule has 1 rings (SSSR count). The Kier molecular flexibility index (Phi) is 1.92. The van der Waals surface area contributed by atoms with E-state index in [4.69, 9.17) is 5.73 Å². The van der Waals surface area contributed by atoms with Crippen LogP contribution >= 0.6 is 0 Å². The van der Waals surface area contributed by atoms with Gasteiger partial charge in [0.1, 0.15) is 5.70 Å². The van der Waals surface area contributed by atoms with Gasteiger partial charge in [0.25, 0.3) is 11.8 Å². The van der Waals surface area contributed by atoms with Crippen LogP contribution in [0, 0.1) is 0 Å². The van der Waals surface area contributed by atoms with E-state index in [1.165, 1.54) is 4.90 Å². The molecule has 0 spiro atoms. The molecule has 1 aliphatic rings. The Bertz CT molecular complexity index is 255. The third-order valence-electron chi connectivity index (χ3n) is 1.91. The van der Waals surface area contributed by atoms with Crippen molar-refractivity contribution < 1.29 is 9.59 Å². The van der Waals surface area contributed by atoms with Crippen molar-refractivity contribution in [1.29, 1.82) is 0 Å². The summed E-state index contributed by atoms with van der Waals surface area (Å²) < 4.78 is 0. The van der Waals surface area contributed by atoms with Crippen LogP contribution in [0.15, 0.2) is 11.3 Å². The molecule has 0 aromatic rings. The number of imide groups is 1. The fourth-order valence-electron chi connectivity index (χ4n) is 1.15. The largest absolute Gasteiger partial charge is 0.394 e. The van der Waals surface area contributed by atoms with E-state index in [-0.39, 0.29) is 23.6 Å². The second-order valence-electron chi connectivity index (χ2n) is 3.11. The lowest BCUT2D eigenvalue weighted by Crippen LogP contribution is -2.38. The lowest BCUT2D eigenvalue weighted by Gasteiger charge is -2.18. The molecule has 66 valence electrons. The first kappa shape index (κ1) is 8.77. The summed E-state index contributed by atoms with van der Waals surface area (Å²) in [7, 11) is 0. The summed E-state index contributed by atoms with van der Waals surface area (Å²) >= 11 is 0. The molecular formula is C8H12N2O2. The summed E-state index contributed by atoms with van der Waals surface area (Å²) in [4.78, 5) is 23.8. The van der Waals surface area contributed by atoms with Gasteiger partial charge in [-0.1, -0.05) is 0 Å². The number of amides is 2. The van der Waals surface area contributed by atoms with Crippen LogP contribution < -0.4 is 5.73 Å². The van der Waals surface area contributed by atoms with Gasteiger partial charge in [-0.05, 0) is 20.8 Å². The van der Waals surface area contributed by atoms with Crippen LogP contribution in [0.1, 0.15) is 20.8 Å². The molecule has 2 N–H and O–H groups in total. The molecule has 0 fully saturated rings. The standard InChI is InChI=1S/C8H12N2O2/c1-4(2)10-7(11)5(3)6(9)8(10)12/h4H,9H2,1-3H3. The van der Waals surface area contributed by atoms with Crippen LogP contribution in [-0.4, -0.2) is 22.8 Å². The third kappa shape index (κ3) is 0.995. The topological polar surface area (TPSA) is 63.4 Å². The van der Waals surface area contributed by atoms with Crippen molar-refractivity contribution in [3.8, 4) is 0 Å². The lowest BCUT2D eigenvalue weighted by atomic mass is 10.3. The fraction of sp³-hybridized carbons (Fsp3) is 0.500. The fourth-order valence-corrected chi connectivity index (χ4v) is 1.15. The molecule has 0 aliphatic carbocycles. The van der Waals surface area contributed by atoms with Crippen LogP contribution in [0.4, 0.5) is 0 Å². The summed E-state index contributed by atoms with van der Waals surface area (Å²) in [6, 6.07) is -0.124. The minimum absolute atomic E-state index is 0.0775. The van der Waals surface area contributed by atoms with Crippen LogP contribution in [0.25, 0.3) is 0 Å². The highest BCUT2D eigenvalue weighted by Gasteiger charge is 2.35. The van der Waals surface area contributed by atoms with Gasteiger partial charge in [0.15, 0.2) is 0 Å². The molecule has 0 saturated heterocycles. The molecule has 4 heteroatoms. The highest BCUT2D eigenvalue weighted by atomic mass is 16.2. The average Bonchev–Trinajstić information content (AvgIpc) is 2.16. The van der Waals surface area contributed by atoms with E-state index in [0.717, 1.165) is 0 Å². The van der Waals surface area contributed by atoms with Crippen molar-refractivity contribution in [2.24, 2.45) is 5.73 Å². The van der Waals surface area contributed by atoms with Crippen LogP contribution in [0.5, 0.6) is 0 Å². The second-order valence-corrected chi connectivity index (χ2v) is 3.11. The Balaban J connectivity index is 3.04. The predicted octanol–water partition coefficient (Wildman–Crippen LogP) is -0.00370. The first-order valence-electron chi connectivity index (χ1n) is 3.81. The van der Waals surface area contributed by atoms with Gasteiger partial charge in [0.2, 0.25) is 0 Å². The van der Waals surface area contributed by atoms with Crippen LogP contribution in [0.2, 0.25) is 0 Å². The van der Waals surface area contributed by atoms with E-state index >= 15 is 0 Å². The first-order chi connectivity index (χ1) is 5.46. The minimum Gasteiger partial charge on any atom is -0.394 e. The van der Waals surface area contributed by atoms with Crippen LogP contribution in [-0.2, 0) is 9.59 Å². The van der Waals surface area contributed by atoms with Gasteiger partial charge in [-0.3, -0.25) is 14.5 Å².